The van der Waals surface area contributed by atoms with Gasteiger partial charge in [0.15, 0.2) is 0 Å². The molecule has 1 aliphatic rings. The second kappa shape index (κ2) is 5.29. The van der Waals surface area contributed by atoms with Gasteiger partial charge in [0.05, 0.1) is 15.5 Å². The summed E-state index contributed by atoms with van der Waals surface area (Å²) in [6.07, 6.45) is 2.44. The first kappa shape index (κ1) is 13.4. The average molecular weight is 327 g/mol. The number of rotatable bonds is 3. The quantitative estimate of drug-likeness (QED) is 0.627. The van der Waals surface area contributed by atoms with Crippen LogP contribution in [0, 0.1) is 21.4 Å². The first-order chi connectivity index (χ1) is 8.58. The molecule has 1 heterocycles. The van der Waals surface area contributed by atoms with Gasteiger partial charge in [0.25, 0.3) is 5.69 Å². The van der Waals surface area contributed by atoms with Crippen molar-refractivity contribution < 1.29 is 4.92 Å². The lowest BCUT2D eigenvalue weighted by Gasteiger charge is -2.19. The number of nitro benzene ring substituents is 1. The molecule has 1 aromatic carbocycles. The number of nitriles is 1. The molecule has 18 heavy (non-hydrogen) atoms. The van der Waals surface area contributed by atoms with E-state index in [9.17, 15) is 15.4 Å². The van der Waals surface area contributed by atoms with E-state index in [1.807, 2.05) is 6.07 Å². The molecule has 1 saturated heterocycles. The zero-order valence-corrected chi connectivity index (χ0v) is 12.0. The Kier molecular flexibility index (Phi) is 3.93. The minimum atomic E-state index is -0.419. The molecule has 0 bridgehead atoms. The van der Waals surface area contributed by atoms with Crippen molar-refractivity contribution in [2.45, 2.75) is 24.0 Å². The van der Waals surface area contributed by atoms with E-state index in [-0.39, 0.29) is 5.69 Å². The smallest absolute Gasteiger partial charge is 0.258 e. The monoisotopic (exact) mass is 326 g/mol. The Morgan fingerprint density at radius 2 is 2.39 bits per heavy atom. The topological polar surface area (TPSA) is 66.9 Å². The number of benzene rings is 1. The Morgan fingerprint density at radius 3 is 2.94 bits per heavy atom. The fourth-order valence-corrected chi connectivity index (χ4v) is 3.96. The van der Waals surface area contributed by atoms with Gasteiger partial charge in [-0.05, 0) is 40.1 Å². The molecule has 1 atom stereocenters. The third kappa shape index (κ3) is 2.52. The largest absolute Gasteiger partial charge is 0.283 e. The van der Waals surface area contributed by atoms with Crippen LogP contribution < -0.4 is 0 Å². The van der Waals surface area contributed by atoms with Crippen LogP contribution in [0.15, 0.2) is 22.7 Å². The molecule has 1 aliphatic heterocycles. The lowest BCUT2D eigenvalue weighted by Crippen LogP contribution is -2.22. The normalized spacial score (nSPS) is 22.7. The van der Waals surface area contributed by atoms with E-state index < -0.39 is 9.67 Å². The molecule has 0 aromatic heterocycles. The van der Waals surface area contributed by atoms with Gasteiger partial charge in [-0.25, -0.2) is 0 Å². The molecule has 0 aliphatic carbocycles. The third-order valence-electron chi connectivity index (χ3n) is 3.04. The van der Waals surface area contributed by atoms with Crippen molar-refractivity contribution in [3.8, 4) is 6.07 Å². The van der Waals surface area contributed by atoms with Crippen LogP contribution in [0.25, 0.3) is 0 Å². The van der Waals surface area contributed by atoms with Crippen LogP contribution in [-0.4, -0.2) is 15.4 Å². The predicted octanol–water partition coefficient (Wildman–Crippen LogP) is 3.69. The fourth-order valence-electron chi connectivity index (χ4n) is 2.12. The summed E-state index contributed by atoms with van der Waals surface area (Å²) in [6, 6.07) is 7.35. The minimum Gasteiger partial charge on any atom is -0.258 e. The van der Waals surface area contributed by atoms with Crippen LogP contribution in [-0.2, 0) is 6.42 Å². The molecular formula is C12H11BrN2O2S. The predicted molar refractivity (Wildman–Crippen MR) is 74.5 cm³/mol. The number of hydrogen-bond donors (Lipinski definition) is 0. The van der Waals surface area contributed by atoms with Gasteiger partial charge in [0.1, 0.15) is 4.75 Å². The van der Waals surface area contributed by atoms with Crippen LogP contribution in [0.3, 0.4) is 0 Å². The van der Waals surface area contributed by atoms with E-state index in [0.717, 1.165) is 24.2 Å². The lowest BCUT2D eigenvalue weighted by molar-refractivity contribution is -0.385. The number of thioether (sulfide) groups is 1. The van der Waals surface area contributed by atoms with Crippen LogP contribution in [0.1, 0.15) is 18.4 Å². The Hall–Kier alpha value is -1.06. The van der Waals surface area contributed by atoms with Gasteiger partial charge in [-0.3, -0.25) is 10.1 Å². The van der Waals surface area contributed by atoms with Crippen molar-refractivity contribution in [1.29, 1.82) is 5.26 Å². The molecule has 0 amide bonds. The molecule has 1 aromatic rings. The number of nitrogens with zero attached hydrogens (tertiary/aromatic N) is 2. The van der Waals surface area contributed by atoms with Gasteiger partial charge in [-0.15, -0.1) is 11.8 Å². The second-order valence-corrected chi connectivity index (χ2v) is 6.51. The molecule has 1 fully saturated rings. The Balaban J connectivity index is 2.32. The first-order valence-electron chi connectivity index (χ1n) is 5.55. The van der Waals surface area contributed by atoms with Gasteiger partial charge in [0.2, 0.25) is 0 Å². The Labute approximate surface area is 118 Å². The average Bonchev–Trinajstić information content (AvgIpc) is 2.81. The maximum atomic E-state index is 10.9. The van der Waals surface area contributed by atoms with Crippen LogP contribution in [0.4, 0.5) is 5.69 Å². The summed E-state index contributed by atoms with van der Waals surface area (Å²) < 4.78 is 0.0784. The molecule has 0 saturated carbocycles. The van der Waals surface area contributed by atoms with Crippen LogP contribution in [0.5, 0.6) is 0 Å². The number of hydrogen-bond acceptors (Lipinski definition) is 4. The van der Waals surface area contributed by atoms with Gasteiger partial charge < -0.3 is 0 Å². The second-order valence-electron chi connectivity index (χ2n) is 4.24. The van der Waals surface area contributed by atoms with Gasteiger partial charge in [-0.1, -0.05) is 12.1 Å². The van der Waals surface area contributed by atoms with E-state index in [1.54, 1.807) is 17.8 Å². The van der Waals surface area contributed by atoms with E-state index in [1.165, 1.54) is 6.07 Å². The van der Waals surface area contributed by atoms with Crippen LogP contribution >= 0.6 is 27.7 Å². The number of halogens is 1. The van der Waals surface area contributed by atoms with Crippen LogP contribution in [0.2, 0.25) is 0 Å². The first-order valence-corrected chi connectivity index (χ1v) is 7.33. The fraction of sp³-hybridized carbons (Fsp3) is 0.417. The van der Waals surface area contributed by atoms with Crippen molar-refractivity contribution in [3.63, 3.8) is 0 Å². The van der Waals surface area contributed by atoms with Gasteiger partial charge in [0, 0.05) is 12.5 Å². The summed E-state index contributed by atoms with van der Waals surface area (Å²) in [5.41, 5.74) is 0.892. The van der Waals surface area contributed by atoms with Gasteiger partial charge in [-0.2, -0.15) is 5.26 Å². The Morgan fingerprint density at radius 1 is 1.61 bits per heavy atom. The van der Waals surface area contributed by atoms with Crippen molar-refractivity contribution in [3.05, 3.63) is 38.3 Å². The highest BCUT2D eigenvalue weighted by atomic mass is 79.9. The van der Waals surface area contributed by atoms with Gasteiger partial charge >= 0.3 is 0 Å². The Bertz CT molecular complexity index is 521. The number of nitro groups is 1. The molecular weight excluding hydrogens is 316 g/mol. The highest BCUT2D eigenvalue weighted by molar-refractivity contribution is 9.10. The van der Waals surface area contributed by atoms with Crippen molar-refractivity contribution in [2.75, 3.05) is 5.75 Å². The molecule has 0 N–H and O–H groups in total. The molecule has 0 spiro atoms. The van der Waals surface area contributed by atoms with E-state index in [2.05, 4.69) is 22.0 Å². The van der Waals surface area contributed by atoms with Crippen molar-refractivity contribution in [2.24, 2.45) is 0 Å². The summed E-state index contributed by atoms with van der Waals surface area (Å²) >= 11 is 4.94. The summed E-state index contributed by atoms with van der Waals surface area (Å²) in [7, 11) is 0. The molecule has 94 valence electrons. The van der Waals surface area contributed by atoms with E-state index in [4.69, 9.17) is 0 Å². The highest BCUT2D eigenvalue weighted by Gasteiger charge is 2.36. The molecule has 6 heteroatoms. The molecule has 0 radical (unpaired) electrons. The molecule has 2 rings (SSSR count). The maximum Gasteiger partial charge on any atom is 0.283 e. The zero-order chi connectivity index (χ0) is 13.2. The molecule has 4 nitrogen and oxygen atoms in total. The lowest BCUT2D eigenvalue weighted by atomic mass is 9.95. The van der Waals surface area contributed by atoms with E-state index >= 15 is 0 Å². The third-order valence-corrected chi connectivity index (χ3v) is 5.44. The minimum absolute atomic E-state index is 0.0589. The summed E-state index contributed by atoms with van der Waals surface area (Å²) in [5.74, 6) is 0.986. The summed E-state index contributed by atoms with van der Waals surface area (Å²) in [6.45, 7) is 0. The standard InChI is InChI=1S/C12H11BrN2O2S/c13-11-9(3-1-4-10(11)15(16)17)7-12(8-14)5-2-6-18-12/h1,3-4H,2,5-7H2. The van der Waals surface area contributed by atoms with E-state index in [0.29, 0.717) is 10.9 Å². The highest BCUT2D eigenvalue weighted by Crippen LogP contribution is 2.42. The summed E-state index contributed by atoms with van der Waals surface area (Å²) in [4.78, 5) is 10.5. The summed E-state index contributed by atoms with van der Waals surface area (Å²) in [5, 5.41) is 20.2. The van der Waals surface area contributed by atoms with Crippen molar-refractivity contribution in [1.82, 2.24) is 0 Å². The maximum absolute atomic E-state index is 10.9. The SMILES string of the molecule is N#CC1(Cc2cccc([N+](=O)[O-])c2Br)CCCS1. The zero-order valence-electron chi connectivity index (χ0n) is 9.56. The van der Waals surface area contributed by atoms with Crippen molar-refractivity contribution >= 4 is 33.4 Å². The molecule has 1 unspecified atom stereocenters.